The van der Waals surface area contributed by atoms with Crippen molar-refractivity contribution in [3.05, 3.63) is 82.9 Å². The molecule has 2 saturated heterocycles. The lowest BCUT2D eigenvalue weighted by Gasteiger charge is -2.21. The van der Waals surface area contributed by atoms with Gasteiger partial charge in [-0.05, 0) is 69.6 Å². The first-order valence-corrected chi connectivity index (χ1v) is 14.1. The van der Waals surface area contributed by atoms with Gasteiger partial charge >= 0.3 is 0 Å². The van der Waals surface area contributed by atoms with E-state index in [0.29, 0.717) is 35.9 Å². The largest absolute Gasteiger partial charge is 0.508 e. The first-order valence-electron chi connectivity index (χ1n) is 14.1. The van der Waals surface area contributed by atoms with Gasteiger partial charge in [-0.3, -0.25) is 29.4 Å². The van der Waals surface area contributed by atoms with E-state index in [4.69, 9.17) is 15.5 Å². The molecule has 0 bridgehead atoms. The molecule has 0 unspecified atom stereocenters. The van der Waals surface area contributed by atoms with Crippen molar-refractivity contribution in [2.24, 2.45) is 9.98 Å². The first kappa shape index (κ1) is 24.2. The van der Waals surface area contributed by atoms with Crippen LogP contribution in [0.4, 0.5) is 0 Å². The summed E-state index contributed by atoms with van der Waals surface area (Å²) in [4.78, 5) is 38.1. The number of phenols is 2. The minimum Gasteiger partial charge on any atom is -0.508 e. The lowest BCUT2D eigenvalue weighted by molar-refractivity contribution is 0.0850. The van der Waals surface area contributed by atoms with Gasteiger partial charge in [0, 0.05) is 51.6 Å². The number of phenolic OH excluding ortho intramolecular Hbond substituents is 2. The van der Waals surface area contributed by atoms with Crippen LogP contribution in [0.2, 0.25) is 11.6 Å². The highest BCUT2D eigenvalue weighted by molar-refractivity contribution is 7.12. The van der Waals surface area contributed by atoms with E-state index in [9.17, 15) is 19.8 Å². The number of carbonyl (C=O) groups is 2. The summed E-state index contributed by atoms with van der Waals surface area (Å²) in [5, 5.41) is 23.1. The second-order valence-corrected chi connectivity index (χ2v) is 12.0. The van der Waals surface area contributed by atoms with Gasteiger partial charge < -0.3 is 10.2 Å². The van der Waals surface area contributed by atoms with E-state index < -0.39 is 0 Å². The normalized spacial score (nSPS) is 25.5. The average Bonchev–Trinajstić information content (AvgIpc) is 3.76. The summed E-state index contributed by atoms with van der Waals surface area (Å²) in [5.74, 6) is 2.69. The summed E-state index contributed by atoms with van der Waals surface area (Å²) in [6.07, 6.45) is 0. The second kappa shape index (κ2) is 8.09. The molecule has 4 aromatic carbocycles. The molecule has 8 nitrogen and oxygen atoms in total. The molecule has 4 atom stereocenters. The fourth-order valence-electron chi connectivity index (χ4n) is 7.11. The van der Waals surface area contributed by atoms with Gasteiger partial charge in [0.2, 0.25) is 0 Å². The Labute approximate surface area is 244 Å². The number of amidine groups is 2. The van der Waals surface area contributed by atoms with Crippen LogP contribution in [-0.2, 0) is 0 Å². The Balaban J connectivity index is 0.000000119. The van der Waals surface area contributed by atoms with Crippen LogP contribution in [0.3, 0.4) is 0 Å². The molecule has 12 heteroatoms. The molecule has 6 aliphatic heterocycles. The summed E-state index contributed by atoms with van der Waals surface area (Å²) in [7, 11) is 12.0. The predicted octanol–water partition coefficient (Wildman–Crippen LogP) is 2.43. The first-order chi connectivity index (χ1) is 20.3. The Bertz CT molecular complexity index is 2010. The third-order valence-corrected chi connectivity index (χ3v) is 9.62. The molecule has 0 aliphatic carbocycles. The number of fused-ring (bicyclic) bond motifs is 12. The maximum absolute atomic E-state index is 12.7. The van der Waals surface area contributed by atoms with Gasteiger partial charge in [-0.1, -0.05) is 24.3 Å². The molecule has 4 aromatic rings. The number of nitrogens with zero attached hydrogens (tertiary/aromatic N) is 4. The minimum absolute atomic E-state index is 0.00783. The molecule has 10 rings (SSSR count). The van der Waals surface area contributed by atoms with Gasteiger partial charge in [0.1, 0.15) is 36.4 Å². The summed E-state index contributed by atoms with van der Waals surface area (Å²) in [6.45, 7) is 1.46. The molecule has 2 N–H and O–H groups in total. The van der Waals surface area contributed by atoms with Crippen molar-refractivity contribution in [1.82, 2.24) is 9.80 Å². The third-order valence-electron chi connectivity index (χ3n) is 9.62. The van der Waals surface area contributed by atoms with Crippen LogP contribution in [-0.4, -0.2) is 97.2 Å². The van der Waals surface area contributed by atoms with Crippen LogP contribution in [0.15, 0.2) is 70.6 Å². The van der Waals surface area contributed by atoms with Crippen LogP contribution in [0, 0.1) is 0 Å². The third kappa shape index (κ3) is 3.18. The van der Waals surface area contributed by atoms with E-state index in [1.165, 1.54) is 0 Å². The Morgan fingerprint density at radius 2 is 1.17 bits per heavy atom. The number of benzene rings is 4. The van der Waals surface area contributed by atoms with E-state index in [-0.39, 0.29) is 48.4 Å². The number of carbonyl (C=O) groups excluding carboxylic acids is 2. The minimum atomic E-state index is -0.0301. The molecule has 6 heterocycles. The molecule has 0 spiro atoms. The molecule has 6 aliphatic rings. The van der Waals surface area contributed by atoms with E-state index in [1.54, 1.807) is 34.1 Å². The molecular weight excluding hydrogens is 524 g/mol. The van der Waals surface area contributed by atoms with E-state index in [2.05, 4.69) is 9.98 Å². The van der Waals surface area contributed by atoms with Gasteiger partial charge in [0.15, 0.2) is 0 Å². The Kier molecular flexibility index (Phi) is 4.65. The number of aromatic hydroxyl groups is 2. The lowest BCUT2D eigenvalue weighted by Crippen LogP contribution is -2.34. The highest BCUT2D eigenvalue weighted by Gasteiger charge is 2.56. The highest BCUT2D eigenvalue weighted by atomic mass is 16.3. The molecule has 2 amide bonds. The summed E-state index contributed by atoms with van der Waals surface area (Å²) in [6, 6.07) is 18.0. The maximum atomic E-state index is 12.7. The topological polar surface area (TPSA) is 106 Å². The van der Waals surface area contributed by atoms with E-state index in [0.717, 1.165) is 44.3 Å². The summed E-state index contributed by atoms with van der Waals surface area (Å²) in [5.41, 5.74) is 3.01. The van der Waals surface area contributed by atoms with Crippen molar-refractivity contribution < 1.29 is 19.8 Å². The van der Waals surface area contributed by atoms with Crippen molar-refractivity contribution in [2.75, 3.05) is 13.1 Å². The quantitative estimate of drug-likeness (QED) is 0.332. The zero-order valence-corrected chi connectivity index (χ0v) is 22.3. The van der Waals surface area contributed by atoms with Crippen molar-refractivity contribution >= 4 is 73.7 Å². The van der Waals surface area contributed by atoms with Crippen molar-refractivity contribution in [1.29, 1.82) is 0 Å². The number of hydrogen-bond donors (Lipinski definition) is 2. The zero-order chi connectivity index (χ0) is 28.6. The van der Waals surface area contributed by atoms with Crippen molar-refractivity contribution in [2.45, 2.75) is 23.5 Å². The molecule has 4 radical (unpaired) electrons. The average molecular weight is 544 g/mol. The molecular formula is C30H20B4N4O4. The number of aliphatic imine (C=N–C) groups is 2. The summed E-state index contributed by atoms with van der Waals surface area (Å²) < 4.78 is 0. The Hall–Kier alpha value is -4.46. The van der Waals surface area contributed by atoms with E-state index >= 15 is 0 Å². The van der Waals surface area contributed by atoms with Gasteiger partial charge in [-0.2, -0.15) is 0 Å². The zero-order valence-electron chi connectivity index (χ0n) is 22.3. The molecule has 0 aromatic heterocycles. The fourth-order valence-corrected chi connectivity index (χ4v) is 7.11. The van der Waals surface area contributed by atoms with E-state index in [1.807, 2.05) is 36.4 Å². The van der Waals surface area contributed by atoms with Crippen LogP contribution < -0.4 is 0 Å². The fraction of sp³-hybridized carbons (Fsp3) is 0.200. The number of amides is 2. The smallest absolute Gasteiger partial charge is 0.260 e. The van der Waals surface area contributed by atoms with Crippen LogP contribution >= 0.6 is 0 Å². The van der Waals surface area contributed by atoms with Gasteiger partial charge in [0.05, 0.1) is 11.1 Å². The van der Waals surface area contributed by atoms with Gasteiger partial charge in [0.25, 0.3) is 11.8 Å². The van der Waals surface area contributed by atoms with Gasteiger partial charge in [-0.25, -0.2) is 0 Å². The standard InChI is InChI=1S/2C15H10B2N2O2/c16-17-11-6-19-14(18-13(11)17)12-9(15(19)21)4-2-7-1-3-8(20)5-10(7)12;16-17-11-6-19-14(18-13(11)17)9-4-2-7-1-3-8(20)5-10(7)12(9)15(19)21/h2*1-5,11,13,20H,6H2/t2*11-,13+/m10/s1. The summed E-state index contributed by atoms with van der Waals surface area (Å²) >= 11 is 0. The Morgan fingerprint density at radius 3 is 1.79 bits per heavy atom. The number of rotatable bonds is 0. The highest BCUT2D eigenvalue weighted by Crippen LogP contribution is 2.46. The monoisotopic (exact) mass is 544 g/mol. The predicted molar refractivity (Wildman–Crippen MR) is 164 cm³/mol. The van der Waals surface area contributed by atoms with Crippen LogP contribution in [0.1, 0.15) is 31.8 Å². The lowest BCUT2D eigenvalue weighted by atomic mass is 9.45. The SMILES string of the molecule is [B]B1[C@H]2CN3C(=O)c4c(ccc5ccc(O)cc45)C3=N[C@@H]12.[B]B1[C@H]2N=C3c4c(ccc5ccc(O)cc45)C(=O)N3C[C@@H]12. The van der Waals surface area contributed by atoms with Crippen LogP contribution in [0.5, 0.6) is 11.5 Å². The maximum Gasteiger partial charge on any atom is 0.260 e. The molecule has 42 heavy (non-hydrogen) atoms. The van der Waals surface area contributed by atoms with Crippen molar-refractivity contribution in [3.63, 3.8) is 0 Å². The van der Waals surface area contributed by atoms with Crippen LogP contribution in [0.25, 0.3) is 21.5 Å². The van der Waals surface area contributed by atoms with Gasteiger partial charge in [-0.15, -0.1) is 0 Å². The second-order valence-electron chi connectivity index (χ2n) is 12.0. The molecule has 0 saturated carbocycles. The van der Waals surface area contributed by atoms with Crippen molar-refractivity contribution in [3.8, 4) is 11.5 Å². The number of hydrogen-bond acceptors (Lipinski definition) is 6. The molecule has 196 valence electrons. The molecule has 2 fully saturated rings. The Morgan fingerprint density at radius 1 is 0.667 bits per heavy atom.